The van der Waals surface area contributed by atoms with Gasteiger partial charge in [0.1, 0.15) is 0 Å². The molecule has 146 valence electrons. The highest BCUT2D eigenvalue weighted by atomic mass is 16.5. The molecule has 0 heterocycles. The van der Waals surface area contributed by atoms with Crippen molar-refractivity contribution >= 4 is 5.96 Å². The van der Waals surface area contributed by atoms with E-state index in [9.17, 15) is 0 Å². The molecule has 0 amide bonds. The molecule has 0 aliphatic rings. The molecule has 0 aliphatic carbocycles. The Kier molecular flexibility index (Phi) is 10.0. The van der Waals surface area contributed by atoms with Gasteiger partial charge in [0.2, 0.25) is 0 Å². The average molecular weight is 370 g/mol. The maximum absolute atomic E-state index is 5.62. The fraction of sp³-hybridized carbons (Fsp3) is 0.409. The van der Waals surface area contributed by atoms with Gasteiger partial charge in [-0.05, 0) is 17.5 Å². The van der Waals surface area contributed by atoms with Crippen LogP contribution >= 0.6 is 0 Å². The van der Waals surface area contributed by atoms with Crippen molar-refractivity contribution in [2.45, 2.75) is 19.6 Å². The quantitative estimate of drug-likeness (QED) is 0.375. The molecule has 5 heteroatoms. The highest BCUT2D eigenvalue weighted by molar-refractivity contribution is 5.79. The third-order valence-corrected chi connectivity index (χ3v) is 3.91. The van der Waals surface area contributed by atoms with E-state index in [2.05, 4.69) is 34.6 Å². The Labute approximate surface area is 163 Å². The summed E-state index contributed by atoms with van der Waals surface area (Å²) < 4.78 is 11.2. The molecule has 0 fully saturated rings. The normalized spacial score (nSPS) is 11.4. The Morgan fingerprint density at radius 2 is 1.48 bits per heavy atom. The van der Waals surface area contributed by atoms with Crippen LogP contribution in [0.3, 0.4) is 0 Å². The summed E-state index contributed by atoms with van der Waals surface area (Å²) >= 11 is 0. The Morgan fingerprint density at radius 1 is 0.852 bits per heavy atom. The maximum atomic E-state index is 5.62. The summed E-state index contributed by atoms with van der Waals surface area (Å²) in [6.07, 6.45) is 0.927. The zero-order chi connectivity index (χ0) is 19.2. The summed E-state index contributed by atoms with van der Waals surface area (Å²) in [6.45, 7) is 4.09. The van der Waals surface area contributed by atoms with E-state index in [4.69, 9.17) is 9.47 Å². The predicted octanol–water partition coefficient (Wildman–Crippen LogP) is 3.32. The molecule has 5 nitrogen and oxygen atoms in total. The maximum Gasteiger partial charge on any atom is 0.193 e. The summed E-state index contributed by atoms with van der Waals surface area (Å²) in [5, 5.41) is 3.38. The Hall–Kier alpha value is -2.37. The molecule has 0 unspecified atom stereocenters. The van der Waals surface area contributed by atoms with Crippen LogP contribution in [0.25, 0.3) is 0 Å². The lowest BCUT2D eigenvalue weighted by atomic mass is 10.2. The van der Waals surface area contributed by atoms with Gasteiger partial charge >= 0.3 is 0 Å². The number of nitrogens with one attached hydrogen (secondary N) is 1. The van der Waals surface area contributed by atoms with Gasteiger partial charge in [-0.3, -0.25) is 0 Å². The van der Waals surface area contributed by atoms with Gasteiger partial charge in [-0.2, -0.15) is 0 Å². The van der Waals surface area contributed by atoms with Crippen LogP contribution in [0.4, 0.5) is 0 Å². The lowest BCUT2D eigenvalue weighted by molar-refractivity contribution is 0.0401. The van der Waals surface area contributed by atoms with E-state index >= 15 is 0 Å². The fourth-order valence-corrected chi connectivity index (χ4v) is 2.46. The van der Waals surface area contributed by atoms with Crippen molar-refractivity contribution in [2.24, 2.45) is 4.99 Å². The average Bonchev–Trinajstić information content (AvgIpc) is 2.70. The number of nitrogens with zero attached hydrogens (tertiary/aromatic N) is 2. The van der Waals surface area contributed by atoms with E-state index in [0.29, 0.717) is 33.0 Å². The summed E-state index contributed by atoms with van der Waals surface area (Å²) in [6, 6.07) is 20.4. The number of hydrogen-bond acceptors (Lipinski definition) is 3. The Bertz CT molecular complexity index is 645. The van der Waals surface area contributed by atoms with Gasteiger partial charge in [0.25, 0.3) is 0 Å². The van der Waals surface area contributed by atoms with Crippen LogP contribution in [0, 0.1) is 0 Å². The second-order valence-corrected chi connectivity index (χ2v) is 6.45. The molecule has 0 saturated carbocycles. The van der Waals surface area contributed by atoms with Gasteiger partial charge in [-0.1, -0.05) is 60.7 Å². The van der Waals surface area contributed by atoms with Gasteiger partial charge < -0.3 is 19.7 Å². The minimum absolute atomic E-state index is 0.615. The standard InChI is InChI=1S/C22H31N3O2/c1-25(2)22(24-18-20-10-5-3-6-11-20)23-14-9-15-26-16-17-27-19-21-12-7-4-8-13-21/h3-8,10-13H,9,14-19H2,1-2H3,(H,23,24). The summed E-state index contributed by atoms with van der Waals surface area (Å²) in [4.78, 5) is 6.65. The molecule has 0 radical (unpaired) electrons. The smallest absolute Gasteiger partial charge is 0.193 e. The summed E-state index contributed by atoms with van der Waals surface area (Å²) in [7, 11) is 3.99. The van der Waals surface area contributed by atoms with Crippen molar-refractivity contribution in [3.8, 4) is 0 Å². The molecule has 0 spiro atoms. The van der Waals surface area contributed by atoms with Crippen LogP contribution < -0.4 is 5.32 Å². The van der Waals surface area contributed by atoms with Crippen LogP contribution in [0.5, 0.6) is 0 Å². The number of benzene rings is 2. The first kappa shape index (κ1) is 20.9. The second kappa shape index (κ2) is 12.9. The van der Waals surface area contributed by atoms with Crippen molar-refractivity contribution < 1.29 is 9.47 Å². The topological polar surface area (TPSA) is 46.1 Å². The Morgan fingerprint density at radius 3 is 2.15 bits per heavy atom. The summed E-state index contributed by atoms with van der Waals surface area (Å²) in [5.41, 5.74) is 2.39. The third-order valence-electron chi connectivity index (χ3n) is 3.91. The number of ether oxygens (including phenoxy) is 2. The van der Waals surface area contributed by atoms with Gasteiger partial charge in [-0.15, -0.1) is 0 Å². The predicted molar refractivity (Wildman–Crippen MR) is 111 cm³/mol. The van der Waals surface area contributed by atoms with Gasteiger partial charge in [0.05, 0.1) is 26.4 Å². The molecule has 2 aromatic rings. The number of aliphatic imine (C=N–C) groups is 1. The molecule has 0 aromatic heterocycles. The molecule has 27 heavy (non-hydrogen) atoms. The van der Waals surface area contributed by atoms with Crippen LogP contribution in [-0.4, -0.2) is 51.3 Å². The SMILES string of the molecule is CN(C)C(=NCc1ccccc1)NCCCOCCOCc1ccccc1. The number of rotatable bonds is 11. The first-order chi connectivity index (χ1) is 13.3. The van der Waals surface area contributed by atoms with Crippen molar-refractivity contribution in [3.63, 3.8) is 0 Å². The minimum Gasteiger partial charge on any atom is -0.379 e. The lowest BCUT2D eigenvalue weighted by Gasteiger charge is -2.17. The first-order valence-electron chi connectivity index (χ1n) is 9.44. The molecular weight excluding hydrogens is 338 g/mol. The number of guanidine groups is 1. The van der Waals surface area contributed by atoms with Crippen LogP contribution in [0.2, 0.25) is 0 Å². The van der Waals surface area contributed by atoms with E-state index in [1.54, 1.807) is 0 Å². The molecular formula is C22H31N3O2. The Balaban J connectivity index is 1.52. The zero-order valence-corrected chi connectivity index (χ0v) is 16.4. The van der Waals surface area contributed by atoms with Crippen molar-refractivity contribution in [1.82, 2.24) is 10.2 Å². The van der Waals surface area contributed by atoms with Crippen molar-refractivity contribution in [1.29, 1.82) is 0 Å². The van der Waals surface area contributed by atoms with E-state index in [-0.39, 0.29) is 0 Å². The second-order valence-electron chi connectivity index (χ2n) is 6.45. The minimum atomic E-state index is 0.615. The largest absolute Gasteiger partial charge is 0.379 e. The van der Waals surface area contributed by atoms with Gasteiger partial charge in [-0.25, -0.2) is 4.99 Å². The van der Waals surface area contributed by atoms with E-state index < -0.39 is 0 Å². The molecule has 0 bridgehead atoms. The van der Waals surface area contributed by atoms with Crippen LogP contribution in [-0.2, 0) is 22.6 Å². The lowest BCUT2D eigenvalue weighted by Crippen LogP contribution is -2.37. The van der Waals surface area contributed by atoms with E-state index in [1.165, 1.54) is 11.1 Å². The third kappa shape index (κ3) is 9.22. The molecule has 2 rings (SSSR count). The molecule has 0 aliphatic heterocycles. The molecule has 1 N–H and O–H groups in total. The van der Waals surface area contributed by atoms with Gasteiger partial charge in [0, 0.05) is 27.2 Å². The highest BCUT2D eigenvalue weighted by Gasteiger charge is 2.01. The van der Waals surface area contributed by atoms with Crippen molar-refractivity contribution in [2.75, 3.05) is 40.5 Å². The van der Waals surface area contributed by atoms with E-state index in [1.807, 2.05) is 55.4 Å². The fourth-order valence-electron chi connectivity index (χ4n) is 2.46. The monoisotopic (exact) mass is 369 g/mol. The van der Waals surface area contributed by atoms with E-state index in [0.717, 1.165) is 18.9 Å². The molecule has 2 aromatic carbocycles. The van der Waals surface area contributed by atoms with Crippen molar-refractivity contribution in [3.05, 3.63) is 71.8 Å². The highest BCUT2D eigenvalue weighted by Crippen LogP contribution is 2.01. The van der Waals surface area contributed by atoms with Crippen LogP contribution in [0.15, 0.2) is 65.7 Å². The summed E-state index contributed by atoms with van der Waals surface area (Å²) in [5.74, 6) is 0.894. The molecule has 0 atom stereocenters. The molecule has 0 saturated heterocycles. The van der Waals surface area contributed by atoms with Crippen LogP contribution in [0.1, 0.15) is 17.5 Å². The number of hydrogen-bond donors (Lipinski definition) is 1. The first-order valence-corrected chi connectivity index (χ1v) is 9.44. The zero-order valence-electron chi connectivity index (χ0n) is 16.4. The van der Waals surface area contributed by atoms with Gasteiger partial charge in [0.15, 0.2) is 5.96 Å².